The van der Waals surface area contributed by atoms with E-state index >= 15 is 0 Å². The lowest BCUT2D eigenvalue weighted by molar-refractivity contribution is 0.168. The van der Waals surface area contributed by atoms with Crippen molar-refractivity contribution < 1.29 is 13.9 Å². The fourth-order valence-corrected chi connectivity index (χ4v) is 4.45. The van der Waals surface area contributed by atoms with Gasteiger partial charge in [-0.2, -0.15) is 5.10 Å². The number of benzene rings is 2. The van der Waals surface area contributed by atoms with Crippen LogP contribution in [0.5, 0.6) is 11.5 Å². The SMILES string of the molecule is CC1CC(C)Oc2cc3c(cc2O1)-c1n[nH]c(Nc2ccc(F)c(Cl)c2)c1C3C. The summed E-state index contributed by atoms with van der Waals surface area (Å²) in [6.07, 6.45) is 1.03. The first kappa shape index (κ1) is 18.3. The standard InChI is InChI=1S/C22H21ClFN3O2/c1-10-6-11(2)29-19-9-15-14(8-18(19)28-10)12(3)20-21(15)26-27-22(20)25-13-4-5-17(24)16(23)7-13/h4-5,7-12H,6H2,1-3H3,(H2,25,26,27). The van der Waals surface area contributed by atoms with E-state index in [0.717, 1.165) is 46.1 Å². The lowest BCUT2D eigenvalue weighted by atomic mass is 9.99. The number of H-pyrrole nitrogens is 1. The zero-order chi connectivity index (χ0) is 20.3. The highest BCUT2D eigenvalue weighted by Crippen LogP contribution is 2.51. The van der Waals surface area contributed by atoms with Gasteiger partial charge in [0, 0.05) is 29.2 Å². The third kappa shape index (κ3) is 3.02. The Hall–Kier alpha value is -2.73. The maximum absolute atomic E-state index is 13.5. The molecule has 1 aromatic heterocycles. The minimum atomic E-state index is -0.446. The third-order valence-corrected chi connectivity index (χ3v) is 5.87. The van der Waals surface area contributed by atoms with Crippen LogP contribution in [0.1, 0.15) is 44.2 Å². The summed E-state index contributed by atoms with van der Waals surface area (Å²) in [5, 5.41) is 11.0. The number of aromatic amines is 1. The van der Waals surface area contributed by atoms with E-state index in [9.17, 15) is 4.39 Å². The monoisotopic (exact) mass is 413 g/mol. The Balaban J connectivity index is 1.54. The van der Waals surface area contributed by atoms with E-state index in [2.05, 4.69) is 42.4 Å². The predicted octanol–water partition coefficient (Wildman–Crippen LogP) is 6.02. The Morgan fingerprint density at radius 2 is 1.83 bits per heavy atom. The van der Waals surface area contributed by atoms with Gasteiger partial charge in [0.05, 0.1) is 22.9 Å². The van der Waals surface area contributed by atoms with Crippen LogP contribution >= 0.6 is 11.6 Å². The maximum Gasteiger partial charge on any atom is 0.162 e. The molecule has 3 aromatic rings. The van der Waals surface area contributed by atoms with Gasteiger partial charge >= 0.3 is 0 Å². The number of fused-ring (bicyclic) bond motifs is 4. The average Bonchev–Trinajstić information content (AvgIpc) is 3.13. The predicted molar refractivity (Wildman–Crippen MR) is 111 cm³/mol. The summed E-state index contributed by atoms with van der Waals surface area (Å²) in [5.74, 6) is 1.97. The van der Waals surface area contributed by atoms with Crippen molar-refractivity contribution in [2.75, 3.05) is 5.32 Å². The number of hydrogen-bond donors (Lipinski definition) is 2. The molecule has 2 aromatic carbocycles. The van der Waals surface area contributed by atoms with Crippen molar-refractivity contribution in [1.29, 1.82) is 0 Å². The number of rotatable bonds is 2. The van der Waals surface area contributed by atoms with E-state index in [1.807, 2.05) is 6.07 Å². The van der Waals surface area contributed by atoms with Crippen molar-refractivity contribution in [1.82, 2.24) is 10.2 Å². The number of nitrogens with one attached hydrogen (secondary N) is 2. The van der Waals surface area contributed by atoms with Gasteiger partial charge in [-0.25, -0.2) is 4.39 Å². The third-order valence-electron chi connectivity index (χ3n) is 5.58. The van der Waals surface area contributed by atoms with Crippen molar-refractivity contribution in [2.45, 2.75) is 45.3 Å². The van der Waals surface area contributed by atoms with Crippen molar-refractivity contribution >= 4 is 23.1 Å². The van der Waals surface area contributed by atoms with Gasteiger partial charge in [-0.3, -0.25) is 5.10 Å². The van der Waals surface area contributed by atoms with E-state index in [-0.39, 0.29) is 23.1 Å². The summed E-state index contributed by atoms with van der Waals surface area (Å²) in [7, 11) is 0. The van der Waals surface area contributed by atoms with Crippen LogP contribution in [-0.2, 0) is 0 Å². The van der Waals surface area contributed by atoms with Crippen LogP contribution in [0.25, 0.3) is 11.3 Å². The fourth-order valence-electron chi connectivity index (χ4n) is 4.27. The average molecular weight is 414 g/mol. The molecule has 1 aliphatic carbocycles. The van der Waals surface area contributed by atoms with Gasteiger partial charge in [0.25, 0.3) is 0 Å². The molecule has 7 heteroatoms. The number of halogens is 2. The Kier molecular flexibility index (Phi) is 4.21. The van der Waals surface area contributed by atoms with Crippen LogP contribution in [0, 0.1) is 5.82 Å². The van der Waals surface area contributed by atoms with Crippen LogP contribution in [0.15, 0.2) is 30.3 Å². The van der Waals surface area contributed by atoms with Crippen molar-refractivity contribution in [3.8, 4) is 22.8 Å². The number of ether oxygens (including phenoxy) is 2. The Bertz CT molecular complexity index is 1110. The first-order valence-electron chi connectivity index (χ1n) is 9.72. The minimum Gasteiger partial charge on any atom is -0.487 e. The molecule has 1 aliphatic heterocycles. The number of anilines is 2. The Morgan fingerprint density at radius 1 is 1.10 bits per heavy atom. The largest absolute Gasteiger partial charge is 0.487 e. The molecule has 0 radical (unpaired) electrons. The smallest absolute Gasteiger partial charge is 0.162 e. The molecule has 0 bridgehead atoms. The van der Waals surface area contributed by atoms with Gasteiger partial charge in [0.15, 0.2) is 11.5 Å². The van der Waals surface area contributed by atoms with E-state index in [0.29, 0.717) is 5.69 Å². The Morgan fingerprint density at radius 3 is 2.55 bits per heavy atom. The van der Waals surface area contributed by atoms with Crippen LogP contribution in [0.2, 0.25) is 5.02 Å². The van der Waals surface area contributed by atoms with Gasteiger partial charge in [0.2, 0.25) is 0 Å². The quantitative estimate of drug-likeness (QED) is 0.539. The minimum absolute atomic E-state index is 0.0729. The van der Waals surface area contributed by atoms with E-state index in [1.165, 1.54) is 6.07 Å². The maximum atomic E-state index is 13.5. The van der Waals surface area contributed by atoms with Gasteiger partial charge in [-0.1, -0.05) is 18.5 Å². The summed E-state index contributed by atoms with van der Waals surface area (Å²) in [5.41, 5.74) is 4.83. The van der Waals surface area contributed by atoms with E-state index < -0.39 is 5.82 Å². The summed E-state index contributed by atoms with van der Waals surface area (Å²) in [6.45, 7) is 6.26. The normalized spacial score (nSPS) is 22.0. The number of hydrogen-bond acceptors (Lipinski definition) is 4. The molecule has 2 heterocycles. The molecule has 29 heavy (non-hydrogen) atoms. The first-order chi connectivity index (χ1) is 13.9. The van der Waals surface area contributed by atoms with Gasteiger partial charge < -0.3 is 14.8 Å². The molecule has 2 aliphatic rings. The molecule has 3 unspecified atom stereocenters. The lowest BCUT2D eigenvalue weighted by Crippen LogP contribution is -2.18. The van der Waals surface area contributed by atoms with Crippen LogP contribution in [-0.4, -0.2) is 22.4 Å². The van der Waals surface area contributed by atoms with Crippen molar-refractivity contribution in [3.05, 3.63) is 52.3 Å². The topological polar surface area (TPSA) is 59.2 Å². The van der Waals surface area contributed by atoms with Crippen molar-refractivity contribution in [3.63, 3.8) is 0 Å². The van der Waals surface area contributed by atoms with Crippen molar-refractivity contribution in [2.24, 2.45) is 0 Å². The van der Waals surface area contributed by atoms with Gasteiger partial charge in [-0.05, 0) is 49.7 Å². The number of nitrogens with zero attached hydrogens (tertiary/aromatic N) is 1. The number of aromatic nitrogens is 2. The highest BCUT2D eigenvalue weighted by Gasteiger charge is 2.34. The molecule has 5 rings (SSSR count). The van der Waals surface area contributed by atoms with E-state index in [4.69, 9.17) is 21.1 Å². The fraction of sp³-hybridized carbons (Fsp3) is 0.318. The summed E-state index contributed by atoms with van der Waals surface area (Å²) < 4.78 is 25.7. The summed E-state index contributed by atoms with van der Waals surface area (Å²) >= 11 is 5.91. The second-order valence-electron chi connectivity index (χ2n) is 7.82. The molecule has 0 spiro atoms. The molecule has 0 saturated carbocycles. The van der Waals surface area contributed by atoms with Gasteiger partial charge in [-0.15, -0.1) is 0 Å². The lowest BCUT2D eigenvalue weighted by Gasteiger charge is -2.15. The Labute approximate surface area is 173 Å². The molecule has 0 saturated heterocycles. The summed E-state index contributed by atoms with van der Waals surface area (Å²) in [4.78, 5) is 0. The second kappa shape index (κ2) is 6.66. The van der Waals surface area contributed by atoms with Gasteiger partial charge in [0.1, 0.15) is 11.6 Å². The zero-order valence-electron chi connectivity index (χ0n) is 16.3. The molecule has 150 valence electrons. The highest BCUT2D eigenvalue weighted by atomic mass is 35.5. The second-order valence-corrected chi connectivity index (χ2v) is 8.22. The first-order valence-corrected chi connectivity index (χ1v) is 10.1. The molecule has 0 fully saturated rings. The van der Waals surface area contributed by atoms with Crippen LogP contribution < -0.4 is 14.8 Å². The highest BCUT2D eigenvalue weighted by molar-refractivity contribution is 6.31. The molecule has 0 amide bonds. The van der Waals surface area contributed by atoms with E-state index in [1.54, 1.807) is 12.1 Å². The van der Waals surface area contributed by atoms with Crippen LogP contribution in [0.4, 0.5) is 15.9 Å². The summed E-state index contributed by atoms with van der Waals surface area (Å²) in [6, 6.07) is 8.65. The molecular formula is C22H21ClFN3O2. The molecule has 5 nitrogen and oxygen atoms in total. The molecule has 2 N–H and O–H groups in total. The molecule has 3 atom stereocenters. The van der Waals surface area contributed by atoms with Crippen LogP contribution in [0.3, 0.4) is 0 Å². The molecular weight excluding hydrogens is 393 g/mol. The zero-order valence-corrected chi connectivity index (χ0v) is 17.1.